The van der Waals surface area contributed by atoms with Gasteiger partial charge < -0.3 is 5.32 Å². The van der Waals surface area contributed by atoms with Crippen LogP contribution in [0.15, 0.2) is 18.2 Å². The monoisotopic (exact) mass is 283 g/mol. The van der Waals surface area contributed by atoms with Gasteiger partial charge in [-0.15, -0.1) is 0 Å². The van der Waals surface area contributed by atoms with Gasteiger partial charge in [-0.25, -0.2) is 0 Å². The Balaban J connectivity index is 2.74. The summed E-state index contributed by atoms with van der Waals surface area (Å²) in [5.41, 5.74) is 3.28. The molecule has 1 aromatic carbocycles. The van der Waals surface area contributed by atoms with Gasteiger partial charge in [-0.2, -0.15) is 0 Å². The van der Waals surface area contributed by atoms with E-state index in [0.29, 0.717) is 0 Å². The smallest absolute Gasteiger partial charge is 0.238 e. The number of amides is 1. The maximum atomic E-state index is 11.8. The molecule has 88 valence electrons. The average molecular weight is 284 g/mol. The number of anilines is 1. The van der Waals surface area contributed by atoms with Crippen molar-refractivity contribution in [1.82, 2.24) is 0 Å². The Kier molecular flexibility index (Phi) is 4.54. The van der Waals surface area contributed by atoms with E-state index in [-0.39, 0.29) is 16.7 Å². The fourth-order valence-electron chi connectivity index (χ4n) is 1.33. The number of benzene rings is 1. The van der Waals surface area contributed by atoms with Crippen molar-refractivity contribution in [2.75, 3.05) is 5.32 Å². The van der Waals surface area contributed by atoms with Crippen LogP contribution in [0.4, 0.5) is 5.69 Å². The first-order chi connectivity index (χ1) is 7.41. The molecule has 1 rings (SSSR count). The van der Waals surface area contributed by atoms with Gasteiger partial charge in [-0.3, -0.25) is 4.79 Å². The summed E-state index contributed by atoms with van der Waals surface area (Å²) in [6.07, 6.45) is 0. The van der Waals surface area contributed by atoms with Crippen molar-refractivity contribution in [1.29, 1.82) is 0 Å². The summed E-state index contributed by atoms with van der Waals surface area (Å²) < 4.78 is 0. The second-order valence-corrected chi connectivity index (χ2v) is 5.42. The minimum Gasteiger partial charge on any atom is -0.325 e. The molecule has 0 heterocycles. The van der Waals surface area contributed by atoms with Gasteiger partial charge >= 0.3 is 0 Å². The minimum atomic E-state index is -0.144. The fraction of sp³-hybridized carbons (Fsp3) is 0.462. The van der Waals surface area contributed by atoms with E-state index in [2.05, 4.69) is 28.2 Å². The highest BCUT2D eigenvalue weighted by Gasteiger charge is 2.18. The molecule has 0 aliphatic carbocycles. The maximum absolute atomic E-state index is 11.8. The zero-order valence-corrected chi connectivity index (χ0v) is 11.8. The van der Waals surface area contributed by atoms with Crippen LogP contribution >= 0.6 is 15.9 Å². The topological polar surface area (TPSA) is 29.1 Å². The third-order valence-electron chi connectivity index (χ3n) is 2.61. The van der Waals surface area contributed by atoms with Crippen LogP contribution in [-0.4, -0.2) is 10.7 Å². The molecule has 16 heavy (non-hydrogen) atoms. The van der Waals surface area contributed by atoms with E-state index in [0.717, 1.165) is 5.69 Å². The van der Waals surface area contributed by atoms with E-state index in [9.17, 15) is 4.79 Å². The lowest BCUT2D eigenvalue weighted by atomic mass is 10.1. The largest absolute Gasteiger partial charge is 0.325 e. The van der Waals surface area contributed by atoms with E-state index in [4.69, 9.17) is 0 Å². The van der Waals surface area contributed by atoms with Crippen molar-refractivity contribution >= 4 is 27.5 Å². The number of halogens is 1. The number of nitrogens with one attached hydrogen (secondary N) is 1. The third kappa shape index (κ3) is 3.34. The molecule has 1 unspecified atom stereocenters. The molecule has 0 aliphatic rings. The van der Waals surface area contributed by atoms with E-state index < -0.39 is 0 Å². The molecule has 1 atom stereocenters. The molecular formula is C13H18BrNO. The van der Waals surface area contributed by atoms with Crippen molar-refractivity contribution in [3.8, 4) is 0 Å². The lowest BCUT2D eigenvalue weighted by Crippen LogP contribution is -2.27. The van der Waals surface area contributed by atoms with Crippen LogP contribution in [0, 0.1) is 19.8 Å². The number of hydrogen-bond acceptors (Lipinski definition) is 1. The Labute approximate surface area is 106 Å². The van der Waals surface area contributed by atoms with Gasteiger partial charge in [-0.05, 0) is 43.0 Å². The Morgan fingerprint density at radius 3 is 2.38 bits per heavy atom. The highest BCUT2D eigenvalue weighted by molar-refractivity contribution is 9.10. The van der Waals surface area contributed by atoms with Gasteiger partial charge in [0.1, 0.15) is 0 Å². The zero-order chi connectivity index (χ0) is 12.3. The van der Waals surface area contributed by atoms with E-state index in [1.165, 1.54) is 11.1 Å². The van der Waals surface area contributed by atoms with Crippen molar-refractivity contribution in [3.63, 3.8) is 0 Å². The summed E-state index contributed by atoms with van der Waals surface area (Å²) in [6, 6.07) is 5.94. The summed E-state index contributed by atoms with van der Waals surface area (Å²) in [4.78, 5) is 11.6. The molecule has 2 nitrogen and oxygen atoms in total. The number of carbonyl (C=O) groups excluding carboxylic acids is 1. The predicted molar refractivity (Wildman–Crippen MR) is 72.1 cm³/mol. The van der Waals surface area contributed by atoms with Crippen LogP contribution in [0.25, 0.3) is 0 Å². The third-order valence-corrected chi connectivity index (χ3v) is 4.08. The van der Waals surface area contributed by atoms with E-state index in [1.807, 2.05) is 39.0 Å². The molecule has 1 aromatic rings. The Hall–Kier alpha value is -0.830. The second kappa shape index (κ2) is 5.48. The predicted octanol–water partition coefficient (Wildman–Crippen LogP) is 3.66. The van der Waals surface area contributed by atoms with Crippen molar-refractivity contribution in [2.24, 2.45) is 5.92 Å². The minimum absolute atomic E-state index is 0.0123. The number of aryl methyl sites for hydroxylation is 2. The Morgan fingerprint density at radius 1 is 1.25 bits per heavy atom. The molecule has 0 spiro atoms. The van der Waals surface area contributed by atoms with Crippen LogP contribution in [0.1, 0.15) is 25.0 Å². The number of rotatable bonds is 3. The number of alkyl halides is 1. The maximum Gasteiger partial charge on any atom is 0.238 e. The molecule has 0 saturated heterocycles. The SMILES string of the molecule is Cc1ccc(NC(=O)C(Br)C(C)C)cc1C. The lowest BCUT2D eigenvalue weighted by Gasteiger charge is -2.14. The summed E-state index contributed by atoms with van der Waals surface area (Å²) in [6.45, 7) is 8.13. The standard InChI is InChI=1S/C13H18BrNO/c1-8(2)12(14)13(16)15-11-6-5-9(3)10(4)7-11/h5-8,12H,1-4H3,(H,15,16). The number of carbonyl (C=O) groups is 1. The summed E-state index contributed by atoms with van der Waals surface area (Å²) >= 11 is 3.39. The molecule has 3 heteroatoms. The first-order valence-corrected chi connectivity index (χ1v) is 6.35. The molecule has 0 aliphatic heterocycles. The summed E-state index contributed by atoms with van der Waals surface area (Å²) in [7, 11) is 0. The lowest BCUT2D eigenvalue weighted by molar-refractivity contribution is -0.116. The first kappa shape index (κ1) is 13.2. The molecule has 0 saturated carbocycles. The van der Waals surface area contributed by atoms with Gasteiger partial charge in [-0.1, -0.05) is 35.8 Å². The van der Waals surface area contributed by atoms with Crippen LogP contribution in [0.5, 0.6) is 0 Å². The fourth-order valence-corrected chi connectivity index (χ4v) is 1.45. The van der Waals surface area contributed by atoms with E-state index in [1.54, 1.807) is 0 Å². The van der Waals surface area contributed by atoms with Crippen molar-refractivity contribution < 1.29 is 4.79 Å². The molecule has 1 N–H and O–H groups in total. The quantitative estimate of drug-likeness (QED) is 0.843. The highest BCUT2D eigenvalue weighted by Crippen LogP contribution is 2.17. The Morgan fingerprint density at radius 2 is 1.88 bits per heavy atom. The van der Waals surface area contributed by atoms with Gasteiger partial charge in [0.2, 0.25) is 5.91 Å². The molecule has 1 amide bonds. The number of hydrogen-bond donors (Lipinski definition) is 1. The normalized spacial score (nSPS) is 12.6. The van der Waals surface area contributed by atoms with Crippen LogP contribution in [0.2, 0.25) is 0 Å². The molecule has 0 radical (unpaired) electrons. The van der Waals surface area contributed by atoms with Crippen molar-refractivity contribution in [3.05, 3.63) is 29.3 Å². The van der Waals surface area contributed by atoms with Crippen LogP contribution < -0.4 is 5.32 Å². The van der Waals surface area contributed by atoms with E-state index >= 15 is 0 Å². The van der Waals surface area contributed by atoms with Crippen LogP contribution in [-0.2, 0) is 4.79 Å². The van der Waals surface area contributed by atoms with Gasteiger partial charge in [0.25, 0.3) is 0 Å². The van der Waals surface area contributed by atoms with Crippen molar-refractivity contribution in [2.45, 2.75) is 32.5 Å². The summed E-state index contributed by atoms with van der Waals surface area (Å²) in [5.74, 6) is 0.296. The zero-order valence-electron chi connectivity index (χ0n) is 10.2. The molecule has 0 fully saturated rings. The molecular weight excluding hydrogens is 266 g/mol. The van der Waals surface area contributed by atoms with Gasteiger partial charge in [0, 0.05) is 5.69 Å². The molecule has 0 aromatic heterocycles. The van der Waals surface area contributed by atoms with Gasteiger partial charge in [0.15, 0.2) is 0 Å². The first-order valence-electron chi connectivity index (χ1n) is 5.44. The average Bonchev–Trinajstić information content (AvgIpc) is 2.22. The van der Waals surface area contributed by atoms with Gasteiger partial charge in [0.05, 0.1) is 4.83 Å². The Bertz CT molecular complexity index is 388. The second-order valence-electron chi connectivity index (χ2n) is 4.43. The van der Waals surface area contributed by atoms with Crippen LogP contribution in [0.3, 0.4) is 0 Å². The summed E-state index contributed by atoms with van der Waals surface area (Å²) in [5, 5.41) is 2.91. The highest BCUT2D eigenvalue weighted by atomic mass is 79.9. The molecule has 0 bridgehead atoms.